The van der Waals surface area contributed by atoms with E-state index >= 15 is 0 Å². The Morgan fingerprint density at radius 1 is 1.25 bits per heavy atom. The Morgan fingerprint density at radius 3 is 2.33 bits per heavy atom. The molecule has 0 aliphatic heterocycles. The largest absolute Gasteiger partial charge is 0.391 e. The molecule has 0 aromatic heterocycles. The topological polar surface area (TPSA) is 9.23 Å². The molecule has 0 N–H and O–H groups in total. The first-order chi connectivity index (χ1) is 5.68. The lowest BCUT2D eigenvalue weighted by molar-refractivity contribution is 0.383. The van der Waals surface area contributed by atoms with Crippen molar-refractivity contribution in [3.05, 3.63) is 24.3 Å². The average molecular weight is 239 g/mol. The second-order valence-corrected chi connectivity index (χ2v) is 5.21. The molecule has 0 radical (unpaired) electrons. The van der Waals surface area contributed by atoms with Crippen LogP contribution < -0.4 is 5.19 Å². The average Bonchev–Trinajstić information content (AvgIpc) is 2.03. The Labute approximate surface area is 89.4 Å². The number of thiol groups is 1. The predicted octanol–water partition coefficient (Wildman–Crippen LogP) is 1.46. The van der Waals surface area contributed by atoms with Crippen molar-refractivity contribution in [3.63, 3.8) is 0 Å². The van der Waals surface area contributed by atoms with E-state index in [1.807, 2.05) is 24.3 Å². The van der Waals surface area contributed by atoms with E-state index in [1.165, 1.54) is 5.19 Å². The lowest BCUT2D eigenvalue weighted by Gasteiger charge is -2.03. The van der Waals surface area contributed by atoms with Crippen molar-refractivity contribution in [3.8, 4) is 0 Å². The summed E-state index contributed by atoms with van der Waals surface area (Å²) >= 11 is 15.0. The highest BCUT2D eigenvalue weighted by Gasteiger charge is 1.99. The van der Waals surface area contributed by atoms with Gasteiger partial charge in [0.1, 0.15) is 0 Å². The number of benzene rings is 1. The molecule has 0 atom stereocenters. The molecule has 12 heavy (non-hydrogen) atoms. The monoisotopic (exact) mass is 238 g/mol. The van der Waals surface area contributed by atoms with Crippen LogP contribution in [0.2, 0.25) is 0 Å². The highest BCUT2D eigenvalue weighted by molar-refractivity contribution is 7.80. The number of rotatable bonds is 3. The number of hydrogen-bond acceptors (Lipinski definition) is 2. The molecular formula is C7H8Cl2OSSi. The minimum Gasteiger partial charge on any atom is -0.391 e. The molecule has 0 saturated heterocycles. The van der Waals surface area contributed by atoms with Crippen LogP contribution in [0.5, 0.6) is 0 Å². The first-order valence-corrected chi connectivity index (χ1v) is 5.96. The first-order valence-electron chi connectivity index (χ1n) is 3.36. The summed E-state index contributed by atoms with van der Waals surface area (Å²) in [7, 11) is -0.773. The maximum atomic E-state index is 5.42. The molecule has 1 nitrogen and oxygen atoms in total. The van der Waals surface area contributed by atoms with Gasteiger partial charge in [0.05, 0.1) is 0 Å². The smallest absolute Gasteiger partial charge is 0.197 e. The molecule has 66 valence electrons. The fourth-order valence-corrected chi connectivity index (χ4v) is 2.03. The summed E-state index contributed by atoms with van der Waals surface area (Å²) in [5, 5.41) is 0.464. The second kappa shape index (κ2) is 5.14. The van der Waals surface area contributed by atoms with Crippen LogP contribution in [0.15, 0.2) is 29.2 Å². The molecule has 0 fully saturated rings. The molecule has 5 heteroatoms. The summed E-state index contributed by atoms with van der Waals surface area (Å²) in [5.74, 6) is 0. The summed E-state index contributed by atoms with van der Waals surface area (Å²) in [6.45, 7) is 0. The maximum absolute atomic E-state index is 5.42. The minimum absolute atomic E-state index is 0.702. The van der Waals surface area contributed by atoms with Crippen molar-refractivity contribution >= 4 is 50.8 Å². The molecule has 0 aliphatic rings. The number of halogens is 2. The van der Waals surface area contributed by atoms with Crippen LogP contribution in [0.25, 0.3) is 0 Å². The maximum Gasteiger partial charge on any atom is 0.197 e. The zero-order chi connectivity index (χ0) is 8.97. The second-order valence-electron chi connectivity index (χ2n) is 2.24. The van der Waals surface area contributed by atoms with Crippen LogP contribution in [0.1, 0.15) is 0 Å². The van der Waals surface area contributed by atoms with E-state index in [-0.39, 0.29) is 0 Å². The van der Waals surface area contributed by atoms with E-state index < -0.39 is 14.8 Å². The Morgan fingerprint density at radius 2 is 1.83 bits per heavy atom. The summed E-state index contributed by atoms with van der Waals surface area (Å²) in [6.07, 6.45) is 0. The zero-order valence-electron chi connectivity index (χ0n) is 6.21. The van der Waals surface area contributed by atoms with Crippen LogP contribution in [0, 0.1) is 0 Å². The lowest BCUT2D eigenvalue weighted by atomic mass is 10.4. The third-order valence-corrected chi connectivity index (χ3v) is 3.59. The van der Waals surface area contributed by atoms with E-state index in [0.29, 0.717) is 0 Å². The third-order valence-electron chi connectivity index (χ3n) is 1.31. The van der Waals surface area contributed by atoms with Crippen molar-refractivity contribution in [2.24, 2.45) is 0 Å². The van der Waals surface area contributed by atoms with Gasteiger partial charge in [0.15, 0.2) is 14.8 Å². The van der Waals surface area contributed by atoms with Crippen LogP contribution in [-0.2, 0) is 4.43 Å². The van der Waals surface area contributed by atoms with Crippen LogP contribution >= 0.6 is 35.8 Å². The van der Waals surface area contributed by atoms with Gasteiger partial charge in [-0.15, -0.1) is 12.6 Å². The molecular weight excluding hydrogens is 231 g/mol. The standard InChI is InChI=1S/C7H8Cl2OSSi/c8-7(9)10-12-6-3-1-5(11)2-4-6/h1-4,7,11H,12H2. The van der Waals surface area contributed by atoms with Gasteiger partial charge in [-0.3, -0.25) is 0 Å². The predicted molar refractivity (Wildman–Crippen MR) is 58.5 cm³/mol. The van der Waals surface area contributed by atoms with Crippen molar-refractivity contribution in [1.82, 2.24) is 0 Å². The van der Waals surface area contributed by atoms with Crippen molar-refractivity contribution in [1.29, 1.82) is 0 Å². The van der Waals surface area contributed by atoms with Crippen LogP contribution in [-0.4, -0.2) is 14.8 Å². The van der Waals surface area contributed by atoms with E-state index in [1.54, 1.807) is 0 Å². The third kappa shape index (κ3) is 3.82. The zero-order valence-corrected chi connectivity index (χ0v) is 10.0. The van der Waals surface area contributed by atoms with Gasteiger partial charge in [0.2, 0.25) is 0 Å². The first kappa shape index (κ1) is 10.4. The van der Waals surface area contributed by atoms with Gasteiger partial charge < -0.3 is 4.43 Å². The quantitative estimate of drug-likeness (QED) is 0.477. The fraction of sp³-hybridized carbons (Fsp3) is 0.143. The minimum atomic E-state index is -0.773. The fourth-order valence-electron chi connectivity index (χ4n) is 0.751. The lowest BCUT2D eigenvalue weighted by Crippen LogP contribution is -2.18. The molecule has 0 bridgehead atoms. The van der Waals surface area contributed by atoms with Crippen molar-refractivity contribution < 1.29 is 4.43 Å². The summed E-state index contributed by atoms with van der Waals surface area (Å²) < 4.78 is 5.11. The highest BCUT2D eigenvalue weighted by atomic mass is 35.5. The van der Waals surface area contributed by atoms with Crippen molar-refractivity contribution in [2.45, 2.75) is 9.92 Å². The van der Waals surface area contributed by atoms with E-state index in [2.05, 4.69) is 12.6 Å². The van der Waals surface area contributed by atoms with Gasteiger partial charge in [-0.2, -0.15) is 0 Å². The molecule has 0 spiro atoms. The van der Waals surface area contributed by atoms with Gasteiger partial charge in [0.25, 0.3) is 0 Å². The SMILES string of the molecule is Sc1ccc([SiH2]OC(Cl)Cl)cc1. The van der Waals surface area contributed by atoms with Crippen molar-refractivity contribution in [2.75, 3.05) is 0 Å². The molecule has 1 rings (SSSR count). The molecule has 0 heterocycles. The van der Waals surface area contributed by atoms with E-state index in [0.717, 1.165) is 4.90 Å². The van der Waals surface area contributed by atoms with Gasteiger partial charge in [-0.05, 0) is 17.3 Å². The molecule has 0 unspecified atom stereocenters. The van der Waals surface area contributed by atoms with E-state index in [4.69, 9.17) is 27.6 Å². The highest BCUT2D eigenvalue weighted by Crippen LogP contribution is 2.03. The molecule has 0 amide bonds. The Hall–Kier alpha value is 0.327. The summed E-state index contributed by atoms with van der Waals surface area (Å²) in [4.78, 5) is 0.945. The van der Waals surface area contributed by atoms with Crippen LogP contribution in [0.4, 0.5) is 0 Å². The summed E-state index contributed by atoms with van der Waals surface area (Å²) in [5.41, 5.74) is 0. The Balaban J connectivity index is 2.48. The number of hydrogen-bond donors (Lipinski definition) is 1. The molecule has 0 saturated carbocycles. The van der Waals surface area contributed by atoms with Gasteiger partial charge >= 0.3 is 0 Å². The van der Waals surface area contributed by atoms with Gasteiger partial charge in [-0.1, -0.05) is 35.3 Å². The molecule has 0 aliphatic carbocycles. The normalized spacial score (nSPS) is 11.7. The van der Waals surface area contributed by atoms with E-state index in [9.17, 15) is 0 Å². The molecule has 1 aromatic rings. The Kier molecular flexibility index (Phi) is 4.46. The summed E-state index contributed by atoms with van der Waals surface area (Å²) in [6, 6.07) is 7.80. The number of alkyl halides is 2. The molecule has 1 aromatic carbocycles. The Bertz CT molecular complexity index is 240. The van der Waals surface area contributed by atoms with Gasteiger partial charge in [0, 0.05) is 4.90 Å². The van der Waals surface area contributed by atoms with Gasteiger partial charge in [-0.25, -0.2) is 0 Å². The van der Waals surface area contributed by atoms with Crippen LogP contribution in [0.3, 0.4) is 0 Å².